The third-order valence-electron chi connectivity index (χ3n) is 5.58. The lowest BCUT2D eigenvalue weighted by molar-refractivity contribution is 0.0941. The summed E-state index contributed by atoms with van der Waals surface area (Å²) in [5.74, 6) is -0.328. The molecule has 3 rings (SSSR count). The van der Waals surface area contributed by atoms with Crippen LogP contribution in [0.1, 0.15) is 75.8 Å². The summed E-state index contributed by atoms with van der Waals surface area (Å²) in [6, 6.07) is 14.4. The molecule has 5 nitrogen and oxygen atoms in total. The van der Waals surface area contributed by atoms with E-state index in [-0.39, 0.29) is 11.8 Å². The third kappa shape index (κ3) is 5.48. The van der Waals surface area contributed by atoms with E-state index in [0.717, 1.165) is 29.8 Å². The Kier molecular flexibility index (Phi) is 7.40. The second-order valence-corrected chi connectivity index (χ2v) is 8.08. The zero-order valence-electron chi connectivity index (χ0n) is 18.9. The number of benzene rings is 2. The smallest absolute Gasteiger partial charge is 0.278 e. The van der Waals surface area contributed by atoms with Crippen LogP contribution in [0.5, 0.6) is 0 Å². The Morgan fingerprint density at radius 1 is 0.935 bits per heavy atom. The molecule has 1 heterocycles. The normalized spacial score (nSPS) is 10.8. The topological polar surface area (TPSA) is 64.0 Å². The van der Waals surface area contributed by atoms with Crippen molar-refractivity contribution in [2.24, 2.45) is 0 Å². The van der Waals surface area contributed by atoms with Gasteiger partial charge >= 0.3 is 0 Å². The molecule has 162 valence electrons. The number of carbonyl (C=O) groups is 2. The van der Waals surface area contributed by atoms with E-state index in [0.29, 0.717) is 16.8 Å². The van der Waals surface area contributed by atoms with Crippen LogP contribution in [0.2, 0.25) is 0 Å². The van der Waals surface area contributed by atoms with Gasteiger partial charge in [0.25, 0.3) is 11.8 Å². The van der Waals surface area contributed by atoms with Crippen molar-refractivity contribution in [2.45, 2.75) is 59.8 Å². The molecule has 0 saturated carbocycles. The fourth-order valence-corrected chi connectivity index (χ4v) is 3.77. The highest BCUT2D eigenvalue weighted by Crippen LogP contribution is 2.19. The summed E-state index contributed by atoms with van der Waals surface area (Å²) in [5.41, 5.74) is 5.83. The van der Waals surface area contributed by atoms with Gasteiger partial charge in [0, 0.05) is 22.5 Å². The largest absolute Gasteiger partial charge is 0.322 e. The molecular weight excluding hydrogens is 386 g/mol. The predicted molar refractivity (Wildman–Crippen MR) is 125 cm³/mol. The zero-order valence-corrected chi connectivity index (χ0v) is 18.9. The molecule has 0 spiro atoms. The maximum atomic E-state index is 13.0. The van der Waals surface area contributed by atoms with Gasteiger partial charge in [-0.25, -0.2) is 4.68 Å². The molecule has 0 bridgehead atoms. The summed E-state index contributed by atoms with van der Waals surface area (Å²) >= 11 is 0. The Hall–Kier alpha value is -3.21. The summed E-state index contributed by atoms with van der Waals surface area (Å²) in [5, 5.41) is 7.38. The van der Waals surface area contributed by atoms with E-state index in [2.05, 4.69) is 17.3 Å². The van der Waals surface area contributed by atoms with Gasteiger partial charge in [-0.05, 0) is 75.6 Å². The fraction of sp³-hybridized carbons (Fsp3) is 0.346. The molecule has 0 atom stereocenters. The highest BCUT2D eigenvalue weighted by atomic mass is 16.2. The standard InChI is InChI=1S/C26H31N3O2/c1-5-6-7-8-12-24-19(3)28-29(20(24)4)26(31)21-13-15-23(16-14-21)27-25(30)22-11-9-10-18(2)17-22/h9-11,13-17H,5-8,12H2,1-4H3,(H,27,30). The van der Waals surface area contributed by atoms with Crippen molar-refractivity contribution in [3.8, 4) is 0 Å². The first-order valence-corrected chi connectivity index (χ1v) is 11.0. The first kappa shape index (κ1) is 22.5. The van der Waals surface area contributed by atoms with Crippen molar-refractivity contribution in [2.75, 3.05) is 5.32 Å². The lowest BCUT2D eigenvalue weighted by Crippen LogP contribution is -2.16. The number of aryl methyl sites for hydroxylation is 2. The first-order valence-electron chi connectivity index (χ1n) is 11.0. The molecule has 0 aliphatic heterocycles. The quantitative estimate of drug-likeness (QED) is 0.466. The number of hydrogen-bond donors (Lipinski definition) is 1. The third-order valence-corrected chi connectivity index (χ3v) is 5.58. The van der Waals surface area contributed by atoms with Crippen LogP contribution in [-0.4, -0.2) is 21.6 Å². The maximum Gasteiger partial charge on any atom is 0.278 e. The summed E-state index contributed by atoms with van der Waals surface area (Å²) in [7, 11) is 0. The highest BCUT2D eigenvalue weighted by molar-refractivity contribution is 6.04. The molecule has 1 N–H and O–H groups in total. The van der Waals surface area contributed by atoms with Crippen molar-refractivity contribution in [1.82, 2.24) is 9.78 Å². The SMILES string of the molecule is CCCCCCc1c(C)nn(C(=O)c2ccc(NC(=O)c3cccc(C)c3)cc2)c1C. The van der Waals surface area contributed by atoms with Gasteiger partial charge in [0.05, 0.1) is 5.69 Å². The molecular formula is C26H31N3O2. The monoisotopic (exact) mass is 417 g/mol. The minimum absolute atomic E-state index is 0.156. The molecule has 0 aliphatic carbocycles. The lowest BCUT2D eigenvalue weighted by Gasteiger charge is -2.08. The number of hydrogen-bond acceptors (Lipinski definition) is 3. The van der Waals surface area contributed by atoms with Crippen molar-refractivity contribution < 1.29 is 9.59 Å². The van der Waals surface area contributed by atoms with E-state index < -0.39 is 0 Å². The molecule has 3 aromatic rings. The Morgan fingerprint density at radius 3 is 2.35 bits per heavy atom. The Balaban J connectivity index is 1.69. The molecule has 0 aliphatic rings. The summed E-state index contributed by atoms with van der Waals surface area (Å²) in [6.45, 7) is 8.08. The van der Waals surface area contributed by atoms with E-state index in [9.17, 15) is 9.59 Å². The zero-order chi connectivity index (χ0) is 22.4. The van der Waals surface area contributed by atoms with Gasteiger partial charge in [-0.15, -0.1) is 0 Å². The maximum absolute atomic E-state index is 13.0. The van der Waals surface area contributed by atoms with Crippen LogP contribution < -0.4 is 5.32 Å². The number of carbonyl (C=O) groups excluding carboxylic acids is 2. The average molecular weight is 418 g/mol. The van der Waals surface area contributed by atoms with E-state index in [1.165, 1.54) is 29.5 Å². The Morgan fingerprint density at radius 2 is 1.68 bits per heavy atom. The Labute approximate surface area is 184 Å². The Bertz CT molecular complexity index is 1060. The van der Waals surface area contributed by atoms with Crippen LogP contribution in [0.4, 0.5) is 5.69 Å². The molecule has 2 aromatic carbocycles. The molecule has 0 unspecified atom stereocenters. The van der Waals surface area contributed by atoms with Gasteiger partial charge in [-0.1, -0.05) is 43.9 Å². The predicted octanol–water partition coefficient (Wildman–Crippen LogP) is 5.87. The summed E-state index contributed by atoms with van der Waals surface area (Å²) in [6.07, 6.45) is 5.71. The molecule has 1 aromatic heterocycles. The average Bonchev–Trinajstić information content (AvgIpc) is 3.05. The first-order chi connectivity index (χ1) is 14.9. The van der Waals surface area contributed by atoms with Gasteiger partial charge in [0.1, 0.15) is 0 Å². The fourth-order valence-electron chi connectivity index (χ4n) is 3.77. The van der Waals surface area contributed by atoms with Crippen LogP contribution in [0.25, 0.3) is 0 Å². The second-order valence-electron chi connectivity index (χ2n) is 8.08. The van der Waals surface area contributed by atoms with Crippen LogP contribution >= 0.6 is 0 Å². The summed E-state index contributed by atoms with van der Waals surface area (Å²) in [4.78, 5) is 25.4. The second kappa shape index (κ2) is 10.2. The molecule has 31 heavy (non-hydrogen) atoms. The van der Waals surface area contributed by atoms with Crippen LogP contribution in [-0.2, 0) is 6.42 Å². The van der Waals surface area contributed by atoms with Crippen molar-refractivity contribution in [1.29, 1.82) is 0 Å². The van der Waals surface area contributed by atoms with Crippen LogP contribution in [0, 0.1) is 20.8 Å². The number of nitrogens with zero attached hydrogens (tertiary/aromatic N) is 2. The van der Waals surface area contributed by atoms with E-state index in [1.807, 2.05) is 39.0 Å². The number of nitrogens with one attached hydrogen (secondary N) is 1. The van der Waals surface area contributed by atoms with E-state index in [1.54, 1.807) is 30.3 Å². The minimum atomic E-state index is -0.172. The lowest BCUT2D eigenvalue weighted by atomic mass is 10.0. The molecule has 1 amide bonds. The van der Waals surface area contributed by atoms with Crippen LogP contribution in [0.3, 0.4) is 0 Å². The number of anilines is 1. The van der Waals surface area contributed by atoms with Gasteiger partial charge in [-0.3, -0.25) is 9.59 Å². The van der Waals surface area contributed by atoms with E-state index >= 15 is 0 Å². The molecule has 0 saturated heterocycles. The van der Waals surface area contributed by atoms with Crippen molar-refractivity contribution in [3.05, 3.63) is 82.2 Å². The van der Waals surface area contributed by atoms with Crippen LogP contribution in [0.15, 0.2) is 48.5 Å². The van der Waals surface area contributed by atoms with Gasteiger partial charge in [0.15, 0.2) is 0 Å². The minimum Gasteiger partial charge on any atom is -0.322 e. The van der Waals surface area contributed by atoms with E-state index in [4.69, 9.17) is 0 Å². The number of unbranched alkanes of at least 4 members (excludes halogenated alkanes) is 3. The number of amides is 1. The molecule has 0 fully saturated rings. The number of rotatable bonds is 8. The van der Waals surface area contributed by atoms with Gasteiger partial charge in [-0.2, -0.15) is 5.10 Å². The van der Waals surface area contributed by atoms with Gasteiger partial charge < -0.3 is 5.32 Å². The van der Waals surface area contributed by atoms with Crippen molar-refractivity contribution >= 4 is 17.5 Å². The number of aromatic nitrogens is 2. The molecule has 0 radical (unpaired) electrons. The molecule has 5 heteroatoms. The van der Waals surface area contributed by atoms with Gasteiger partial charge in [0.2, 0.25) is 0 Å². The summed E-state index contributed by atoms with van der Waals surface area (Å²) < 4.78 is 1.50. The van der Waals surface area contributed by atoms with Crippen molar-refractivity contribution in [3.63, 3.8) is 0 Å². The highest BCUT2D eigenvalue weighted by Gasteiger charge is 2.18.